The fraction of sp³-hybridized carbons (Fsp3) is 0.714. The normalized spacial score (nSPS) is 19.7. The van der Waals surface area contributed by atoms with E-state index in [9.17, 15) is 0 Å². The van der Waals surface area contributed by atoms with Crippen LogP contribution < -0.4 is 0 Å². The van der Waals surface area contributed by atoms with Crippen LogP contribution in [0.2, 0.25) is 0 Å². The summed E-state index contributed by atoms with van der Waals surface area (Å²) in [4.78, 5) is 2.45. The number of hydrogen-bond acceptors (Lipinski definition) is 3. The number of nitriles is 1. The fourth-order valence-corrected chi connectivity index (χ4v) is 2.48. The summed E-state index contributed by atoms with van der Waals surface area (Å²) in [6.07, 6.45) is 4.91. The molecule has 0 amide bonds. The summed E-state index contributed by atoms with van der Waals surface area (Å²) in [5.41, 5.74) is 2.62. The molecule has 2 heterocycles. The maximum atomic E-state index is 8.83. The Hall–Kier alpha value is -1.34. The molecule has 0 aromatic carbocycles. The average molecular weight is 246 g/mol. The highest BCUT2D eigenvalue weighted by Crippen LogP contribution is 2.30. The zero-order valence-electron chi connectivity index (χ0n) is 11.6. The minimum Gasteiger partial charge on any atom is -0.297 e. The van der Waals surface area contributed by atoms with E-state index >= 15 is 0 Å². The smallest absolute Gasteiger partial charge is 0.0807 e. The van der Waals surface area contributed by atoms with E-state index in [0.717, 1.165) is 30.9 Å². The molecule has 0 saturated carbocycles. The standard InChI is InChI=1S/C14H22N4/c1-14(2)5-8-18(9-6-14)11-13-12(4-7-15)10-17(3)16-13/h10H,4-6,8-9,11H2,1-3H3. The monoisotopic (exact) mass is 246 g/mol. The number of aryl methyl sites for hydroxylation is 1. The van der Waals surface area contributed by atoms with E-state index in [1.165, 1.54) is 12.8 Å². The molecule has 0 bridgehead atoms. The quantitative estimate of drug-likeness (QED) is 0.820. The van der Waals surface area contributed by atoms with Crippen LogP contribution in [0.15, 0.2) is 6.20 Å². The molecule has 18 heavy (non-hydrogen) atoms. The van der Waals surface area contributed by atoms with Crippen LogP contribution in [0.25, 0.3) is 0 Å². The van der Waals surface area contributed by atoms with Crippen LogP contribution in [0, 0.1) is 16.7 Å². The first-order valence-electron chi connectivity index (χ1n) is 6.61. The molecule has 0 atom stereocenters. The second kappa shape index (κ2) is 5.11. The molecule has 1 saturated heterocycles. The van der Waals surface area contributed by atoms with E-state index in [-0.39, 0.29) is 0 Å². The Balaban J connectivity index is 2.00. The van der Waals surface area contributed by atoms with E-state index in [1.807, 2.05) is 17.9 Å². The Morgan fingerprint density at radius 3 is 2.67 bits per heavy atom. The molecule has 98 valence electrons. The molecule has 1 aromatic heterocycles. The van der Waals surface area contributed by atoms with Gasteiger partial charge in [-0.05, 0) is 31.3 Å². The summed E-state index contributed by atoms with van der Waals surface area (Å²) in [5.74, 6) is 0. The minimum absolute atomic E-state index is 0.461. The summed E-state index contributed by atoms with van der Waals surface area (Å²) in [5, 5.41) is 13.3. The van der Waals surface area contributed by atoms with E-state index in [0.29, 0.717) is 11.8 Å². The molecule has 0 N–H and O–H groups in total. The van der Waals surface area contributed by atoms with Crippen molar-refractivity contribution in [2.24, 2.45) is 12.5 Å². The third-order valence-corrected chi connectivity index (χ3v) is 3.84. The average Bonchev–Trinajstić information content (AvgIpc) is 2.63. The van der Waals surface area contributed by atoms with Crippen molar-refractivity contribution < 1.29 is 0 Å². The van der Waals surface area contributed by atoms with Crippen molar-refractivity contribution in [3.63, 3.8) is 0 Å². The van der Waals surface area contributed by atoms with Crippen molar-refractivity contribution in [2.45, 2.75) is 39.7 Å². The minimum atomic E-state index is 0.461. The summed E-state index contributed by atoms with van der Waals surface area (Å²) < 4.78 is 1.82. The lowest BCUT2D eigenvalue weighted by molar-refractivity contribution is 0.125. The topological polar surface area (TPSA) is 44.9 Å². The molecule has 0 radical (unpaired) electrons. The van der Waals surface area contributed by atoms with Gasteiger partial charge in [-0.1, -0.05) is 13.8 Å². The van der Waals surface area contributed by atoms with Crippen LogP contribution >= 0.6 is 0 Å². The molecule has 0 aliphatic carbocycles. The van der Waals surface area contributed by atoms with Crippen molar-refractivity contribution in [1.82, 2.24) is 14.7 Å². The molecule has 1 aliphatic heterocycles. The summed E-state index contributed by atoms with van der Waals surface area (Å²) >= 11 is 0. The molecule has 0 spiro atoms. The van der Waals surface area contributed by atoms with Gasteiger partial charge in [-0.3, -0.25) is 9.58 Å². The van der Waals surface area contributed by atoms with E-state index < -0.39 is 0 Å². The number of nitrogens with zero attached hydrogens (tertiary/aromatic N) is 4. The van der Waals surface area contributed by atoms with Crippen molar-refractivity contribution in [3.8, 4) is 6.07 Å². The first kappa shape index (κ1) is 13.1. The Bertz CT molecular complexity index is 443. The van der Waals surface area contributed by atoms with Gasteiger partial charge in [0.25, 0.3) is 0 Å². The first-order chi connectivity index (χ1) is 8.50. The zero-order chi connectivity index (χ0) is 13.2. The third kappa shape index (κ3) is 3.11. The lowest BCUT2D eigenvalue weighted by Gasteiger charge is -2.36. The van der Waals surface area contributed by atoms with Gasteiger partial charge in [0.1, 0.15) is 0 Å². The van der Waals surface area contributed by atoms with Gasteiger partial charge in [-0.2, -0.15) is 10.4 Å². The second-order valence-corrected chi connectivity index (χ2v) is 6.05. The van der Waals surface area contributed by atoms with Gasteiger partial charge >= 0.3 is 0 Å². The predicted octanol–water partition coefficient (Wildman–Crippen LogP) is 2.11. The highest BCUT2D eigenvalue weighted by Gasteiger charge is 2.26. The second-order valence-electron chi connectivity index (χ2n) is 6.05. The molecule has 4 nitrogen and oxygen atoms in total. The number of hydrogen-bond donors (Lipinski definition) is 0. The summed E-state index contributed by atoms with van der Waals surface area (Å²) in [7, 11) is 1.92. The van der Waals surface area contributed by atoms with Crippen LogP contribution in [0.3, 0.4) is 0 Å². The molecular formula is C14H22N4. The van der Waals surface area contributed by atoms with Gasteiger partial charge in [0, 0.05) is 25.4 Å². The number of piperidine rings is 1. The SMILES string of the molecule is Cn1cc(CC#N)c(CN2CCC(C)(C)CC2)n1. The number of rotatable bonds is 3. The largest absolute Gasteiger partial charge is 0.297 e. The first-order valence-corrected chi connectivity index (χ1v) is 6.61. The summed E-state index contributed by atoms with van der Waals surface area (Å²) in [6.45, 7) is 7.83. The van der Waals surface area contributed by atoms with Crippen molar-refractivity contribution in [1.29, 1.82) is 5.26 Å². The van der Waals surface area contributed by atoms with E-state index in [1.54, 1.807) is 0 Å². The van der Waals surface area contributed by atoms with E-state index in [4.69, 9.17) is 5.26 Å². The lowest BCUT2D eigenvalue weighted by atomic mass is 9.82. The maximum Gasteiger partial charge on any atom is 0.0807 e. The molecule has 0 unspecified atom stereocenters. The number of aromatic nitrogens is 2. The van der Waals surface area contributed by atoms with Crippen LogP contribution in [0.1, 0.15) is 37.9 Å². The van der Waals surface area contributed by atoms with Gasteiger partial charge in [-0.15, -0.1) is 0 Å². The Morgan fingerprint density at radius 1 is 1.39 bits per heavy atom. The van der Waals surface area contributed by atoms with Crippen LogP contribution in [-0.2, 0) is 20.0 Å². The van der Waals surface area contributed by atoms with Crippen molar-refractivity contribution >= 4 is 0 Å². The van der Waals surface area contributed by atoms with Crippen LogP contribution in [0.4, 0.5) is 0 Å². The fourth-order valence-electron chi connectivity index (χ4n) is 2.48. The van der Waals surface area contributed by atoms with Gasteiger partial charge in [0.05, 0.1) is 18.2 Å². The van der Waals surface area contributed by atoms with Gasteiger partial charge in [0.2, 0.25) is 0 Å². The highest BCUT2D eigenvalue weighted by atomic mass is 15.3. The molecule has 2 rings (SSSR count). The molecule has 1 aromatic rings. The Labute approximate surface area is 109 Å². The number of likely N-dealkylation sites (tertiary alicyclic amines) is 1. The maximum absolute atomic E-state index is 8.83. The van der Waals surface area contributed by atoms with Crippen molar-refractivity contribution in [3.05, 3.63) is 17.5 Å². The molecule has 1 aliphatic rings. The van der Waals surface area contributed by atoms with Crippen LogP contribution in [0.5, 0.6) is 0 Å². The summed E-state index contributed by atoms with van der Waals surface area (Å²) in [6, 6.07) is 2.22. The highest BCUT2D eigenvalue weighted by molar-refractivity contribution is 5.20. The Morgan fingerprint density at radius 2 is 2.06 bits per heavy atom. The van der Waals surface area contributed by atoms with Crippen molar-refractivity contribution in [2.75, 3.05) is 13.1 Å². The lowest BCUT2D eigenvalue weighted by Crippen LogP contribution is -2.37. The Kier molecular flexibility index (Phi) is 3.72. The molecule has 1 fully saturated rings. The van der Waals surface area contributed by atoms with E-state index in [2.05, 4.69) is 29.9 Å². The third-order valence-electron chi connectivity index (χ3n) is 3.84. The molecular weight excluding hydrogens is 224 g/mol. The zero-order valence-corrected chi connectivity index (χ0v) is 11.6. The van der Waals surface area contributed by atoms with Gasteiger partial charge in [-0.25, -0.2) is 0 Å². The van der Waals surface area contributed by atoms with Gasteiger partial charge in [0.15, 0.2) is 0 Å². The van der Waals surface area contributed by atoms with Gasteiger partial charge < -0.3 is 0 Å². The predicted molar refractivity (Wildman–Crippen MR) is 70.8 cm³/mol. The van der Waals surface area contributed by atoms with Crippen LogP contribution in [-0.4, -0.2) is 27.8 Å². The molecule has 4 heteroatoms.